The van der Waals surface area contributed by atoms with E-state index in [2.05, 4.69) is 29.1 Å². The Morgan fingerprint density at radius 1 is 1.60 bits per heavy atom. The van der Waals surface area contributed by atoms with Gasteiger partial charge in [-0.05, 0) is 27.0 Å². The minimum atomic E-state index is 0.579. The van der Waals surface area contributed by atoms with Crippen molar-refractivity contribution in [3.8, 4) is 6.07 Å². The van der Waals surface area contributed by atoms with Crippen LogP contribution in [0.15, 0.2) is 6.07 Å². The van der Waals surface area contributed by atoms with Crippen LogP contribution < -0.4 is 0 Å². The number of nitrogens with zero attached hydrogens (tertiary/aromatic N) is 4. The van der Waals surface area contributed by atoms with Gasteiger partial charge in [-0.3, -0.25) is 9.58 Å². The average Bonchev–Trinajstić information content (AvgIpc) is 2.55. The third-order valence-electron chi connectivity index (χ3n) is 2.32. The molecule has 0 bridgehead atoms. The van der Waals surface area contributed by atoms with Crippen molar-refractivity contribution >= 4 is 0 Å². The highest BCUT2D eigenvalue weighted by atomic mass is 15.3. The van der Waals surface area contributed by atoms with Crippen LogP contribution in [0.2, 0.25) is 0 Å². The van der Waals surface area contributed by atoms with Crippen LogP contribution in [0.25, 0.3) is 0 Å². The molecule has 0 saturated carbocycles. The van der Waals surface area contributed by atoms with Gasteiger partial charge in [0, 0.05) is 26.1 Å². The van der Waals surface area contributed by atoms with Crippen LogP contribution in [0.3, 0.4) is 0 Å². The number of aryl methyl sites for hydroxylation is 2. The highest BCUT2D eigenvalue weighted by Crippen LogP contribution is 2.06. The summed E-state index contributed by atoms with van der Waals surface area (Å²) in [5, 5.41) is 12.9. The number of hydrogen-bond donors (Lipinski definition) is 0. The molecule has 1 aromatic rings. The second-order valence-corrected chi connectivity index (χ2v) is 3.74. The quantitative estimate of drug-likeness (QED) is 0.734. The van der Waals surface area contributed by atoms with E-state index >= 15 is 0 Å². The van der Waals surface area contributed by atoms with Gasteiger partial charge in [-0.2, -0.15) is 10.4 Å². The first-order valence-corrected chi connectivity index (χ1v) is 5.26. The van der Waals surface area contributed by atoms with Crippen molar-refractivity contribution in [2.75, 3.05) is 13.6 Å². The van der Waals surface area contributed by atoms with Gasteiger partial charge >= 0.3 is 0 Å². The fourth-order valence-corrected chi connectivity index (χ4v) is 1.60. The Kier molecular flexibility index (Phi) is 4.32. The zero-order chi connectivity index (χ0) is 11.3. The molecule has 0 radical (unpaired) electrons. The minimum absolute atomic E-state index is 0.579. The van der Waals surface area contributed by atoms with Crippen molar-refractivity contribution in [2.24, 2.45) is 0 Å². The number of rotatable bonds is 5. The molecule has 0 atom stereocenters. The molecule has 0 saturated heterocycles. The summed E-state index contributed by atoms with van der Waals surface area (Å²) in [7, 11) is 2.03. The first-order chi connectivity index (χ1) is 7.17. The summed E-state index contributed by atoms with van der Waals surface area (Å²) >= 11 is 0. The maximum absolute atomic E-state index is 8.49. The molecule has 0 aromatic carbocycles. The summed E-state index contributed by atoms with van der Waals surface area (Å²) < 4.78 is 2.01. The standard InChI is InChI=1S/C11H18N4/c1-4-15-11(8-10(2)13-15)9-14(3)7-5-6-12/h8H,4-5,7,9H2,1-3H3. The van der Waals surface area contributed by atoms with E-state index in [0.717, 1.165) is 25.3 Å². The molecule has 82 valence electrons. The van der Waals surface area contributed by atoms with Gasteiger partial charge < -0.3 is 0 Å². The van der Waals surface area contributed by atoms with Crippen LogP contribution in [-0.2, 0) is 13.1 Å². The van der Waals surface area contributed by atoms with E-state index in [9.17, 15) is 0 Å². The van der Waals surface area contributed by atoms with Crippen LogP contribution >= 0.6 is 0 Å². The molecule has 0 amide bonds. The molecule has 15 heavy (non-hydrogen) atoms. The second-order valence-electron chi connectivity index (χ2n) is 3.74. The van der Waals surface area contributed by atoms with E-state index in [-0.39, 0.29) is 0 Å². The van der Waals surface area contributed by atoms with Crippen molar-refractivity contribution in [3.05, 3.63) is 17.5 Å². The van der Waals surface area contributed by atoms with E-state index in [1.165, 1.54) is 5.69 Å². The first kappa shape index (κ1) is 11.7. The third-order valence-corrected chi connectivity index (χ3v) is 2.32. The van der Waals surface area contributed by atoms with Gasteiger partial charge in [0.05, 0.1) is 17.5 Å². The topological polar surface area (TPSA) is 44.9 Å². The second kappa shape index (κ2) is 5.52. The number of nitriles is 1. The van der Waals surface area contributed by atoms with Crippen LogP contribution in [0, 0.1) is 18.3 Å². The predicted octanol–water partition coefficient (Wildman–Crippen LogP) is 1.56. The lowest BCUT2D eigenvalue weighted by molar-refractivity contribution is 0.322. The Hall–Kier alpha value is -1.34. The highest BCUT2D eigenvalue weighted by Gasteiger charge is 2.06. The average molecular weight is 206 g/mol. The fourth-order valence-electron chi connectivity index (χ4n) is 1.60. The Bertz CT molecular complexity index is 348. The molecule has 0 N–H and O–H groups in total. The van der Waals surface area contributed by atoms with Crippen LogP contribution in [-0.4, -0.2) is 28.3 Å². The lowest BCUT2D eigenvalue weighted by atomic mass is 10.3. The fraction of sp³-hybridized carbons (Fsp3) is 0.636. The molecule has 0 aliphatic heterocycles. The van der Waals surface area contributed by atoms with Crippen LogP contribution in [0.4, 0.5) is 0 Å². The molecule has 0 aliphatic carbocycles. The minimum Gasteiger partial charge on any atom is -0.300 e. The van der Waals surface area contributed by atoms with Gasteiger partial charge in [-0.15, -0.1) is 0 Å². The molecule has 4 nitrogen and oxygen atoms in total. The van der Waals surface area contributed by atoms with E-state index in [4.69, 9.17) is 5.26 Å². The summed E-state index contributed by atoms with van der Waals surface area (Å²) in [5.41, 5.74) is 2.27. The molecule has 1 heterocycles. The van der Waals surface area contributed by atoms with Crippen molar-refractivity contribution in [1.29, 1.82) is 5.26 Å². The Morgan fingerprint density at radius 3 is 2.93 bits per heavy atom. The van der Waals surface area contributed by atoms with Gasteiger partial charge in [-0.25, -0.2) is 0 Å². The Labute approximate surface area is 91.1 Å². The lowest BCUT2D eigenvalue weighted by Crippen LogP contribution is -2.20. The molecule has 0 aliphatic rings. The van der Waals surface area contributed by atoms with Gasteiger partial charge in [0.25, 0.3) is 0 Å². The van der Waals surface area contributed by atoms with Gasteiger partial charge in [0.15, 0.2) is 0 Å². The zero-order valence-electron chi connectivity index (χ0n) is 9.69. The monoisotopic (exact) mass is 206 g/mol. The molecule has 4 heteroatoms. The molecule has 0 unspecified atom stereocenters. The lowest BCUT2D eigenvalue weighted by Gasteiger charge is -2.15. The maximum Gasteiger partial charge on any atom is 0.0635 e. The third kappa shape index (κ3) is 3.37. The van der Waals surface area contributed by atoms with Gasteiger partial charge in [-0.1, -0.05) is 0 Å². The Balaban J connectivity index is 2.59. The summed E-state index contributed by atoms with van der Waals surface area (Å²) in [6.07, 6.45) is 0.579. The molecular weight excluding hydrogens is 188 g/mol. The number of aromatic nitrogens is 2. The summed E-state index contributed by atoms with van der Waals surface area (Å²) in [5.74, 6) is 0. The Morgan fingerprint density at radius 2 is 2.33 bits per heavy atom. The van der Waals surface area contributed by atoms with E-state index < -0.39 is 0 Å². The zero-order valence-corrected chi connectivity index (χ0v) is 9.69. The van der Waals surface area contributed by atoms with E-state index in [1.54, 1.807) is 0 Å². The largest absolute Gasteiger partial charge is 0.300 e. The normalized spacial score (nSPS) is 10.6. The molecule has 1 aromatic heterocycles. The molecule has 0 fully saturated rings. The van der Waals surface area contributed by atoms with Gasteiger partial charge in [0.1, 0.15) is 0 Å². The van der Waals surface area contributed by atoms with Gasteiger partial charge in [0.2, 0.25) is 0 Å². The SMILES string of the molecule is CCn1nc(C)cc1CN(C)CCC#N. The maximum atomic E-state index is 8.49. The predicted molar refractivity (Wildman–Crippen MR) is 59.2 cm³/mol. The summed E-state index contributed by atoms with van der Waals surface area (Å²) in [6.45, 7) is 6.66. The molecule has 0 spiro atoms. The summed E-state index contributed by atoms with van der Waals surface area (Å²) in [6, 6.07) is 4.26. The van der Waals surface area contributed by atoms with Crippen molar-refractivity contribution in [3.63, 3.8) is 0 Å². The number of hydrogen-bond acceptors (Lipinski definition) is 3. The highest BCUT2D eigenvalue weighted by molar-refractivity contribution is 5.08. The smallest absolute Gasteiger partial charge is 0.0635 e. The molecule has 1 rings (SSSR count). The molecular formula is C11H18N4. The first-order valence-electron chi connectivity index (χ1n) is 5.26. The van der Waals surface area contributed by atoms with E-state index in [0.29, 0.717) is 6.42 Å². The summed E-state index contributed by atoms with van der Waals surface area (Å²) in [4.78, 5) is 2.14. The van der Waals surface area contributed by atoms with Crippen molar-refractivity contribution in [2.45, 2.75) is 33.4 Å². The van der Waals surface area contributed by atoms with Crippen LogP contribution in [0.1, 0.15) is 24.7 Å². The van der Waals surface area contributed by atoms with Crippen molar-refractivity contribution < 1.29 is 0 Å². The van der Waals surface area contributed by atoms with Crippen LogP contribution in [0.5, 0.6) is 0 Å². The van der Waals surface area contributed by atoms with E-state index in [1.807, 2.05) is 18.7 Å². The van der Waals surface area contributed by atoms with Crippen molar-refractivity contribution in [1.82, 2.24) is 14.7 Å².